The van der Waals surface area contributed by atoms with Gasteiger partial charge in [0, 0.05) is 5.02 Å². The maximum atomic E-state index is 12.9. The highest BCUT2D eigenvalue weighted by Gasteiger charge is 2.37. The molecule has 11 heteroatoms. The lowest BCUT2D eigenvalue weighted by Crippen LogP contribution is -2.30. The molecule has 1 unspecified atom stereocenters. The molecule has 0 bridgehead atoms. The summed E-state index contributed by atoms with van der Waals surface area (Å²) in [5.74, 6) is -3.36. The SMILES string of the molecule is CC(OC(=O)c1ccc2c(c1)C(=O)N(c1ccc(Cl)cc1)C2=O)C(=O)Nc1sccc1C(N)=O. The highest BCUT2D eigenvalue weighted by molar-refractivity contribution is 7.14. The number of hydrogen-bond donors (Lipinski definition) is 2. The topological polar surface area (TPSA) is 136 Å². The number of halogens is 1. The number of amides is 4. The molecule has 3 N–H and O–H groups in total. The number of hydrogen-bond acceptors (Lipinski definition) is 7. The Labute approximate surface area is 202 Å². The van der Waals surface area contributed by atoms with Crippen LogP contribution in [0.1, 0.15) is 48.4 Å². The second kappa shape index (κ2) is 9.08. The number of anilines is 2. The van der Waals surface area contributed by atoms with Gasteiger partial charge in [-0.2, -0.15) is 0 Å². The third-order valence-electron chi connectivity index (χ3n) is 5.03. The summed E-state index contributed by atoms with van der Waals surface area (Å²) < 4.78 is 5.21. The molecule has 2 heterocycles. The van der Waals surface area contributed by atoms with Crippen LogP contribution in [0.4, 0.5) is 10.7 Å². The summed E-state index contributed by atoms with van der Waals surface area (Å²) in [5, 5.41) is 4.78. The molecule has 9 nitrogen and oxygen atoms in total. The van der Waals surface area contributed by atoms with E-state index in [1.807, 2.05) is 0 Å². The molecular weight excluding hydrogens is 482 g/mol. The number of primary amides is 1. The highest BCUT2D eigenvalue weighted by atomic mass is 35.5. The largest absolute Gasteiger partial charge is 0.449 e. The van der Waals surface area contributed by atoms with Crippen molar-refractivity contribution in [1.29, 1.82) is 0 Å². The van der Waals surface area contributed by atoms with Crippen LogP contribution in [0.25, 0.3) is 0 Å². The van der Waals surface area contributed by atoms with Gasteiger partial charge in [-0.15, -0.1) is 11.3 Å². The first-order valence-corrected chi connectivity index (χ1v) is 11.1. The zero-order valence-corrected chi connectivity index (χ0v) is 19.1. The first-order valence-electron chi connectivity index (χ1n) is 9.85. The van der Waals surface area contributed by atoms with E-state index in [2.05, 4.69) is 5.32 Å². The number of nitrogens with two attached hydrogens (primary N) is 1. The minimum absolute atomic E-state index is 0.00791. The van der Waals surface area contributed by atoms with E-state index < -0.39 is 35.7 Å². The Bertz CT molecular complexity index is 1350. The first-order chi connectivity index (χ1) is 16.2. The van der Waals surface area contributed by atoms with E-state index >= 15 is 0 Å². The van der Waals surface area contributed by atoms with E-state index in [4.69, 9.17) is 22.1 Å². The third-order valence-corrected chi connectivity index (χ3v) is 6.11. The predicted molar refractivity (Wildman–Crippen MR) is 125 cm³/mol. The summed E-state index contributed by atoms with van der Waals surface area (Å²) in [4.78, 5) is 63.0. The molecule has 4 rings (SSSR count). The van der Waals surface area contributed by atoms with Crippen LogP contribution in [0, 0.1) is 0 Å². The Morgan fingerprint density at radius 3 is 2.38 bits per heavy atom. The van der Waals surface area contributed by atoms with Crippen molar-refractivity contribution in [3.05, 3.63) is 81.2 Å². The molecule has 172 valence electrons. The number of carbonyl (C=O) groups is 5. The van der Waals surface area contributed by atoms with E-state index in [1.54, 1.807) is 17.5 Å². The maximum Gasteiger partial charge on any atom is 0.338 e. The number of thiophene rings is 1. The average Bonchev–Trinajstić information content (AvgIpc) is 3.37. The molecule has 1 aliphatic heterocycles. The van der Waals surface area contributed by atoms with Crippen LogP contribution in [0.15, 0.2) is 53.9 Å². The second-order valence-electron chi connectivity index (χ2n) is 7.25. The van der Waals surface area contributed by atoms with Crippen molar-refractivity contribution >= 4 is 63.2 Å². The Balaban J connectivity index is 1.48. The van der Waals surface area contributed by atoms with Crippen LogP contribution in [0.2, 0.25) is 5.02 Å². The molecule has 4 amide bonds. The number of rotatable bonds is 6. The summed E-state index contributed by atoms with van der Waals surface area (Å²) in [5.41, 5.74) is 5.91. The number of nitrogens with one attached hydrogen (secondary N) is 1. The number of benzene rings is 2. The van der Waals surface area contributed by atoms with E-state index in [0.717, 1.165) is 16.2 Å². The molecule has 1 atom stereocenters. The van der Waals surface area contributed by atoms with E-state index in [0.29, 0.717) is 10.7 Å². The van der Waals surface area contributed by atoms with Crippen molar-refractivity contribution in [3.8, 4) is 0 Å². The third kappa shape index (κ3) is 4.28. The fraction of sp³-hybridized carbons (Fsp3) is 0.0870. The van der Waals surface area contributed by atoms with Crippen molar-refractivity contribution in [1.82, 2.24) is 0 Å². The number of carbonyl (C=O) groups excluding carboxylic acids is 5. The fourth-order valence-electron chi connectivity index (χ4n) is 3.29. The quantitative estimate of drug-likeness (QED) is 0.395. The van der Waals surface area contributed by atoms with E-state index in [1.165, 1.54) is 43.3 Å². The van der Waals surface area contributed by atoms with Crippen molar-refractivity contribution < 1.29 is 28.7 Å². The molecule has 1 aromatic heterocycles. The lowest BCUT2D eigenvalue weighted by molar-refractivity contribution is -0.123. The molecule has 3 aromatic rings. The molecule has 34 heavy (non-hydrogen) atoms. The number of ether oxygens (including phenoxy) is 1. The Hall–Kier alpha value is -4.02. The molecular formula is C23H16ClN3O6S. The molecule has 0 aliphatic carbocycles. The number of imide groups is 1. The van der Waals surface area contributed by atoms with Crippen LogP contribution in [-0.2, 0) is 9.53 Å². The highest BCUT2D eigenvalue weighted by Crippen LogP contribution is 2.30. The monoisotopic (exact) mass is 497 g/mol. The normalized spacial score (nSPS) is 13.4. The Kier molecular flexibility index (Phi) is 6.18. The number of nitrogens with zero attached hydrogens (tertiary/aromatic N) is 1. The summed E-state index contributed by atoms with van der Waals surface area (Å²) in [7, 11) is 0. The smallest absolute Gasteiger partial charge is 0.338 e. The molecule has 0 fully saturated rings. The standard InChI is InChI=1S/C23H16ClN3O6S/c1-11(19(29)26-20-16(18(25)28)8-9-34-20)33-23(32)12-2-7-15-17(10-12)22(31)27(21(15)30)14-5-3-13(24)4-6-14/h2-11H,1H3,(H2,25,28)(H,26,29). The van der Waals surface area contributed by atoms with Crippen LogP contribution in [0.5, 0.6) is 0 Å². The van der Waals surface area contributed by atoms with Gasteiger partial charge in [0.25, 0.3) is 23.6 Å². The molecule has 1 aliphatic rings. The molecule has 0 radical (unpaired) electrons. The van der Waals surface area contributed by atoms with Gasteiger partial charge in [-0.25, -0.2) is 9.69 Å². The van der Waals surface area contributed by atoms with Crippen molar-refractivity contribution in [3.63, 3.8) is 0 Å². The fourth-order valence-corrected chi connectivity index (χ4v) is 4.21. The molecule has 0 saturated carbocycles. The van der Waals surface area contributed by atoms with Crippen LogP contribution in [0.3, 0.4) is 0 Å². The summed E-state index contributed by atoms with van der Waals surface area (Å²) in [6, 6.07) is 11.6. The maximum absolute atomic E-state index is 12.9. The summed E-state index contributed by atoms with van der Waals surface area (Å²) in [6.45, 7) is 1.36. The van der Waals surface area contributed by atoms with Gasteiger partial charge in [0.05, 0.1) is 27.9 Å². The lowest BCUT2D eigenvalue weighted by atomic mass is 10.1. The zero-order chi connectivity index (χ0) is 24.6. The lowest BCUT2D eigenvalue weighted by Gasteiger charge is -2.14. The number of fused-ring (bicyclic) bond motifs is 1. The van der Waals surface area contributed by atoms with Gasteiger partial charge >= 0.3 is 5.97 Å². The molecule has 2 aromatic carbocycles. The van der Waals surface area contributed by atoms with E-state index in [-0.39, 0.29) is 27.3 Å². The minimum Gasteiger partial charge on any atom is -0.449 e. The second-order valence-corrected chi connectivity index (χ2v) is 8.60. The van der Waals surface area contributed by atoms with Gasteiger partial charge in [0.1, 0.15) is 5.00 Å². The van der Waals surface area contributed by atoms with Crippen LogP contribution < -0.4 is 16.0 Å². The summed E-state index contributed by atoms with van der Waals surface area (Å²) >= 11 is 6.97. The van der Waals surface area contributed by atoms with Crippen molar-refractivity contribution in [2.24, 2.45) is 5.73 Å². The van der Waals surface area contributed by atoms with Gasteiger partial charge in [-0.05, 0) is 60.8 Å². The summed E-state index contributed by atoms with van der Waals surface area (Å²) in [6.07, 6.45) is -1.22. The van der Waals surface area contributed by atoms with Gasteiger partial charge in [0.15, 0.2) is 6.10 Å². The van der Waals surface area contributed by atoms with Gasteiger partial charge in [0.2, 0.25) is 0 Å². The molecule has 0 spiro atoms. The Morgan fingerprint density at radius 2 is 1.71 bits per heavy atom. The van der Waals surface area contributed by atoms with Crippen molar-refractivity contribution in [2.75, 3.05) is 10.2 Å². The van der Waals surface area contributed by atoms with Gasteiger partial charge in [-0.3, -0.25) is 19.2 Å². The van der Waals surface area contributed by atoms with E-state index in [9.17, 15) is 24.0 Å². The van der Waals surface area contributed by atoms with Crippen molar-refractivity contribution in [2.45, 2.75) is 13.0 Å². The first kappa shape index (κ1) is 23.1. The van der Waals surface area contributed by atoms with Gasteiger partial charge < -0.3 is 15.8 Å². The zero-order valence-electron chi connectivity index (χ0n) is 17.5. The minimum atomic E-state index is -1.22. The van der Waals surface area contributed by atoms with Crippen LogP contribution in [-0.4, -0.2) is 35.7 Å². The van der Waals surface area contributed by atoms with Gasteiger partial charge in [-0.1, -0.05) is 11.6 Å². The molecule has 0 saturated heterocycles. The number of esters is 1. The predicted octanol–water partition coefficient (Wildman–Crippen LogP) is 3.49. The average molecular weight is 498 g/mol. The van der Waals surface area contributed by atoms with Crippen LogP contribution >= 0.6 is 22.9 Å². The Morgan fingerprint density at radius 1 is 1.03 bits per heavy atom.